The first-order valence-corrected chi connectivity index (χ1v) is 10.3. The average Bonchev–Trinajstić information content (AvgIpc) is 3.11. The van der Waals surface area contributed by atoms with Crippen molar-refractivity contribution in [2.24, 2.45) is 0 Å². The second kappa shape index (κ2) is 8.53. The van der Waals surface area contributed by atoms with Crippen molar-refractivity contribution in [1.82, 2.24) is 19.9 Å². The SMILES string of the molecule is Cc1ccc2[nH]c3c(=O)n(CCC(=O)NC(C)CCc4ccccc4)cnc3c2c1. The van der Waals surface area contributed by atoms with Gasteiger partial charge in [0, 0.05) is 29.9 Å². The highest BCUT2D eigenvalue weighted by Gasteiger charge is 2.13. The van der Waals surface area contributed by atoms with Crippen molar-refractivity contribution in [2.75, 3.05) is 0 Å². The molecule has 2 aromatic carbocycles. The largest absolute Gasteiger partial charge is 0.354 e. The van der Waals surface area contributed by atoms with Crippen LogP contribution in [0.5, 0.6) is 0 Å². The minimum absolute atomic E-state index is 0.0603. The van der Waals surface area contributed by atoms with Crippen LogP contribution in [0.1, 0.15) is 30.9 Å². The first-order chi connectivity index (χ1) is 14.5. The first kappa shape index (κ1) is 19.9. The van der Waals surface area contributed by atoms with Gasteiger partial charge in [0.2, 0.25) is 5.91 Å². The van der Waals surface area contributed by atoms with Gasteiger partial charge in [-0.05, 0) is 44.4 Å². The van der Waals surface area contributed by atoms with Crippen LogP contribution in [0.4, 0.5) is 0 Å². The van der Waals surface area contributed by atoms with Crippen molar-refractivity contribution in [3.8, 4) is 0 Å². The standard InChI is InChI=1S/C24H26N4O2/c1-16-8-11-20-19(14-16)22-23(27-20)24(30)28(15-25-22)13-12-21(29)26-17(2)9-10-18-6-4-3-5-7-18/h3-8,11,14-15,17,27H,9-10,12-13H2,1-2H3,(H,26,29). The van der Waals surface area contributed by atoms with E-state index in [1.165, 1.54) is 16.5 Å². The fourth-order valence-electron chi connectivity index (χ4n) is 3.73. The highest BCUT2D eigenvalue weighted by Crippen LogP contribution is 2.22. The molecule has 0 saturated heterocycles. The molecular formula is C24H26N4O2. The molecule has 6 nitrogen and oxygen atoms in total. The maximum Gasteiger partial charge on any atom is 0.277 e. The summed E-state index contributed by atoms with van der Waals surface area (Å²) in [5.74, 6) is -0.0603. The quantitative estimate of drug-likeness (QED) is 0.494. The van der Waals surface area contributed by atoms with Gasteiger partial charge in [-0.25, -0.2) is 4.98 Å². The van der Waals surface area contributed by atoms with Crippen LogP contribution in [0.3, 0.4) is 0 Å². The summed E-state index contributed by atoms with van der Waals surface area (Å²) < 4.78 is 1.50. The van der Waals surface area contributed by atoms with Crippen LogP contribution >= 0.6 is 0 Å². The molecule has 1 amide bonds. The number of carbonyl (C=O) groups is 1. The van der Waals surface area contributed by atoms with Crippen LogP contribution in [-0.4, -0.2) is 26.5 Å². The molecule has 2 aromatic heterocycles. The van der Waals surface area contributed by atoms with Crippen LogP contribution in [0.2, 0.25) is 0 Å². The predicted molar refractivity (Wildman–Crippen MR) is 120 cm³/mol. The van der Waals surface area contributed by atoms with Crippen molar-refractivity contribution >= 4 is 27.8 Å². The smallest absolute Gasteiger partial charge is 0.277 e. The third kappa shape index (κ3) is 4.27. The molecule has 1 unspecified atom stereocenters. The summed E-state index contributed by atoms with van der Waals surface area (Å²) in [6.45, 7) is 4.32. The number of fused-ring (bicyclic) bond motifs is 3. The molecular weight excluding hydrogens is 376 g/mol. The molecule has 0 aliphatic heterocycles. The normalized spacial score (nSPS) is 12.3. The van der Waals surface area contributed by atoms with E-state index in [1.807, 2.05) is 50.2 Å². The van der Waals surface area contributed by atoms with Crippen molar-refractivity contribution in [1.29, 1.82) is 0 Å². The lowest BCUT2D eigenvalue weighted by molar-refractivity contribution is -0.121. The summed E-state index contributed by atoms with van der Waals surface area (Å²) in [5.41, 5.74) is 4.27. The summed E-state index contributed by atoms with van der Waals surface area (Å²) in [6, 6.07) is 16.3. The predicted octanol–water partition coefficient (Wildman–Crippen LogP) is 3.71. The van der Waals surface area contributed by atoms with Gasteiger partial charge in [-0.15, -0.1) is 0 Å². The molecule has 30 heavy (non-hydrogen) atoms. The lowest BCUT2D eigenvalue weighted by atomic mass is 10.1. The van der Waals surface area contributed by atoms with E-state index in [0.29, 0.717) is 17.6 Å². The van der Waals surface area contributed by atoms with Gasteiger partial charge in [0.1, 0.15) is 11.0 Å². The minimum atomic E-state index is -0.154. The van der Waals surface area contributed by atoms with E-state index in [9.17, 15) is 9.59 Å². The number of amides is 1. The maximum atomic E-state index is 12.8. The zero-order valence-corrected chi connectivity index (χ0v) is 17.3. The second-order valence-electron chi connectivity index (χ2n) is 7.88. The van der Waals surface area contributed by atoms with E-state index < -0.39 is 0 Å². The zero-order chi connectivity index (χ0) is 21.1. The summed E-state index contributed by atoms with van der Waals surface area (Å²) in [6.07, 6.45) is 3.56. The Kier molecular flexibility index (Phi) is 5.65. The highest BCUT2D eigenvalue weighted by atomic mass is 16.2. The molecule has 6 heteroatoms. The Balaban J connectivity index is 1.38. The molecule has 0 spiro atoms. The number of nitrogens with one attached hydrogen (secondary N) is 2. The van der Waals surface area contributed by atoms with E-state index >= 15 is 0 Å². The van der Waals surface area contributed by atoms with Crippen LogP contribution in [0.15, 0.2) is 59.7 Å². The Morgan fingerprint density at radius 2 is 2.00 bits per heavy atom. The molecule has 0 aliphatic rings. The maximum absolute atomic E-state index is 12.8. The molecule has 0 saturated carbocycles. The third-order valence-corrected chi connectivity index (χ3v) is 5.42. The van der Waals surface area contributed by atoms with Gasteiger partial charge in [0.05, 0.1) is 6.33 Å². The summed E-state index contributed by atoms with van der Waals surface area (Å²) in [4.78, 5) is 32.8. The molecule has 2 N–H and O–H groups in total. The Bertz CT molecular complexity index is 1240. The number of nitrogens with zero attached hydrogens (tertiary/aromatic N) is 2. The summed E-state index contributed by atoms with van der Waals surface area (Å²) in [5, 5.41) is 3.97. The van der Waals surface area contributed by atoms with Crippen molar-refractivity contribution in [3.63, 3.8) is 0 Å². The van der Waals surface area contributed by atoms with Gasteiger partial charge in [-0.2, -0.15) is 0 Å². The highest BCUT2D eigenvalue weighted by molar-refractivity contribution is 6.04. The topological polar surface area (TPSA) is 79.8 Å². The molecule has 0 aliphatic carbocycles. The van der Waals surface area contributed by atoms with E-state index in [-0.39, 0.29) is 23.9 Å². The number of benzene rings is 2. The first-order valence-electron chi connectivity index (χ1n) is 10.3. The van der Waals surface area contributed by atoms with Crippen LogP contribution in [-0.2, 0) is 17.8 Å². The van der Waals surface area contributed by atoms with Gasteiger partial charge in [-0.3, -0.25) is 14.2 Å². The van der Waals surface area contributed by atoms with Crippen LogP contribution < -0.4 is 10.9 Å². The number of aromatic amines is 1. The molecule has 0 radical (unpaired) electrons. The Labute approximate surface area is 175 Å². The van der Waals surface area contributed by atoms with Crippen molar-refractivity contribution < 1.29 is 4.79 Å². The number of rotatable bonds is 7. The van der Waals surface area contributed by atoms with Gasteiger partial charge < -0.3 is 10.3 Å². The number of hydrogen-bond donors (Lipinski definition) is 2. The van der Waals surface area contributed by atoms with Crippen LogP contribution in [0, 0.1) is 6.92 Å². The van der Waals surface area contributed by atoms with Crippen molar-refractivity contribution in [2.45, 2.75) is 45.7 Å². The Hall–Kier alpha value is -3.41. The van der Waals surface area contributed by atoms with Gasteiger partial charge >= 0.3 is 0 Å². The summed E-state index contributed by atoms with van der Waals surface area (Å²) >= 11 is 0. The van der Waals surface area contributed by atoms with E-state index in [2.05, 4.69) is 27.4 Å². The monoisotopic (exact) mass is 402 g/mol. The van der Waals surface area contributed by atoms with E-state index in [1.54, 1.807) is 0 Å². The zero-order valence-electron chi connectivity index (χ0n) is 17.3. The molecule has 0 fully saturated rings. The fourth-order valence-corrected chi connectivity index (χ4v) is 3.73. The van der Waals surface area contributed by atoms with E-state index in [0.717, 1.165) is 29.3 Å². The molecule has 4 rings (SSSR count). The molecule has 0 bridgehead atoms. The Morgan fingerprint density at radius 1 is 1.20 bits per heavy atom. The molecule has 154 valence electrons. The number of aryl methyl sites for hydroxylation is 3. The average molecular weight is 402 g/mol. The number of aromatic nitrogens is 3. The van der Waals surface area contributed by atoms with E-state index in [4.69, 9.17) is 0 Å². The number of carbonyl (C=O) groups excluding carboxylic acids is 1. The van der Waals surface area contributed by atoms with Gasteiger partial charge in [0.15, 0.2) is 0 Å². The van der Waals surface area contributed by atoms with Gasteiger partial charge in [0.25, 0.3) is 5.56 Å². The molecule has 1 atom stereocenters. The lowest BCUT2D eigenvalue weighted by Crippen LogP contribution is -2.34. The molecule has 2 heterocycles. The summed E-state index contributed by atoms with van der Waals surface area (Å²) in [7, 11) is 0. The fraction of sp³-hybridized carbons (Fsp3) is 0.292. The van der Waals surface area contributed by atoms with Crippen molar-refractivity contribution in [3.05, 3.63) is 76.3 Å². The van der Waals surface area contributed by atoms with Gasteiger partial charge in [-0.1, -0.05) is 42.0 Å². The molecule has 4 aromatic rings. The third-order valence-electron chi connectivity index (χ3n) is 5.42. The lowest BCUT2D eigenvalue weighted by Gasteiger charge is -2.14. The number of hydrogen-bond acceptors (Lipinski definition) is 3. The minimum Gasteiger partial charge on any atom is -0.354 e. The van der Waals surface area contributed by atoms with Crippen LogP contribution in [0.25, 0.3) is 21.9 Å². The number of H-pyrrole nitrogens is 1. The Morgan fingerprint density at radius 3 is 2.80 bits per heavy atom. The second-order valence-corrected chi connectivity index (χ2v) is 7.88.